The summed E-state index contributed by atoms with van der Waals surface area (Å²) in [6.07, 6.45) is 1.69. The molecule has 2 N–H and O–H groups in total. The Kier molecular flexibility index (Phi) is 10.1. The first-order valence-electron chi connectivity index (χ1n) is 12.9. The van der Waals surface area contributed by atoms with E-state index in [1.807, 2.05) is 0 Å². The summed E-state index contributed by atoms with van der Waals surface area (Å²) in [5, 5.41) is 5.04. The van der Waals surface area contributed by atoms with Crippen LogP contribution in [0.5, 0.6) is 0 Å². The van der Waals surface area contributed by atoms with Crippen LogP contribution in [0.25, 0.3) is 0 Å². The minimum Gasteiger partial charge on any atom is -0.444 e. The lowest BCUT2D eigenvalue weighted by Gasteiger charge is -2.25. The predicted molar refractivity (Wildman–Crippen MR) is 156 cm³/mol. The van der Waals surface area contributed by atoms with Gasteiger partial charge in [-0.2, -0.15) is 4.36 Å². The zero-order valence-corrected chi connectivity index (χ0v) is 26.0. The van der Waals surface area contributed by atoms with Crippen molar-refractivity contribution in [1.29, 1.82) is 0 Å². The molecular weight excluding hydrogens is 624 g/mol. The molecule has 1 atom stereocenters. The van der Waals surface area contributed by atoms with Crippen molar-refractivity contribution in [2.24, 2.45) is 4.36 Å². The number of halogens is 3. The Labute approximate surface area is 246 Å². The number of hydrogen-bond acceptors (Lipinski definition) is 7. The highest BCUT2D eigenvalue weighted by Gasteiger charge is 2.33. The average molecular weight is 659 g/mol. The Hall–Kier alpha value is -3.13. The van der Waals surface area contributed by atoms with Gasteiger partial charge in [-0.15, -0.1) is 0 Å². The fourth-order valence-electron chi connectivity index (χ4n) is 4.10. The highest BCUT2D eigenvalue weighted by Crippen LogP contribution is 2.33. The van der Waals surface area contributed by atoms with Crippen molar-refractivity contribution in [3.05, 3.63) is 46.1 Å². The number of benzene rings is 1. The molecule has 41 heavy (non-hydrogen) atoms. The van der Waals surface area contributed by atoms with Gasteiger partial charge in [0, 0.05) is 53.4 Å². The van der Waals surface area contributed by atoms with Crippen molar-refractivity contribution in [2.45, 2.75) is 63.4 Å². The smallest absolute Gasteiger partial charge is 0.408 e. The molecule has 0 spiro atoms. The highest BCUT2D eigenvalue weighted by molar-refractivity contribution is 9.10. The number of carbonyl (C=O) groups is 3. The summed E-state index contributed by atoms with van der Waals surface area (Å²) in [6, 6.07) is 6.07. The number of ether oxygens (including phenoxy) is 1. The minimum absolute atomic E-state index is 0.0487. The molecule has 1 aliphatic rings. The van der Waals surface area contributed by atoms with E-state index in [0.717, 1.165) is 0 Å². The molecule has 0 saturated carbocycles. The number of alkyl carbamates (subject to hydrolysis) is 1. The number of rotatable bonds is 6. The van der Waals surface area contributed by atoms with E-state index in [1.54, 1.807) is 44.7 Å². The lowest BCUT2D eigenvalue weighted by atomic mass is 10.1. The van der Waals surface area contributed by atoms with E-state index in [2.05, 4.69) is 35.9 Å². The Morgan fingerprint density at radius 3 is 2.61 bits per heavy atom. The molecule has 1 fully saturated rings. The maximum Gasteiger partial charge on any atom is 0.408 e. The van der Waals surface area contributed by atoms with E-state index >= 15 is 0 Å². The summed E-state index contributed by atoms with van der Waals surface area (Å²) in [6.45, 7) is 6.62. The van der Waals surface area contributed by atoms with Crippen molar-refractivity contribution in [1.82, 2.24) is 10.3 Å². The van der Waals surface area contributed by atoms with E-state index in [4.69, 9.17) is 4.74 Å². The molecule has 0 unspecified atom stereocenters. The fourth-order valence-corrected chi connectivity index (χ4v) is 5.63. The first kappa shape index (κ1) is 32.4. The number of pyridine rings is 1. The van der Waals surface area contributed by atoms with Gasteiger partial charge >= 0.3 is 6.09 Å². The molecule has 0 radical (unpaired) electrons. The second-order valence-corrected chi connectivity index (χ2v) is 13.9. The number of hydrogen-bond donors (Lipinski definition) is 2. The molecule has 1 aromatic heterocycles. The lowest BCUT2D eigenvalue weighted by molar-refractivity contribution is -0.116. The SMILES string of the molecule is Cc1c(Br)cnc(N2CCCC(F)(F)CC2)c1C(=O)Nc1cccc([S@@](C)(=O)=NC(=O)CNC(=O)OC(C)(C)C)c1. The zero-order chi connectivity index (χ0) is 30.6. The third-order valence-electron chi connectivity index (χ3n) is 6.09. The molecule has 10 nitrogen and oxygen atoms in total. The van der Waals surface area contributed by atoms with Crippen molar-refractivity contribution in [3.63, 3.8) is 0 Å². The molecule has 224 valence electrons. The molecule has 0 bridgehead atoms. The Morgan fingerprint density at radius 1 is 1.22 bits per heavy atom. The van der Waals surface area contributed by atoms with Gasteiger partial charge in [0.2, 0.25) is 5.92 Å². The average Bonchev–Trinajstić information content (AvgIpc) is 3.03. The van der Waals surface area contributed by atoms with E-state index in [-0.39, 0.29) is 42.0 Å². The van der Waals surface area contributed by atoms with Crippen LogP contribution in [-0.2, 0) is 19.3 Å². The maximum atomic E-state index is 14.0. The van der Waals surface area contributed by atoms with Crippen molar-refractivity contribution < 1.29 is 32.1 Å². The van der Waals surface area contributed by atoms with Crippen molar-refractivity contribution in [3.8, 4) is 0 Å². The van der Waals surface area contributed by atoms with Gasteiger partial charge < -0.3 is 20.3 Å². The minimum atomic E-state index is -3.24. The lowest BCUT2D eigenvalue weighted by Crippen LogP contribution is -2.35. The van der Waals surface area contributed by atoms with Gasteiger partial charge in [0.15, 0.2) is 0 Å². The van der Waals surface area contributed by atoms with Crippen LogP contribution >= 0.6 is 15.9 Å². The van der Waals surface area contributed by atoms with Gasteiger partial charge in [-0.25, -0.2) is 22.8 Å². The van der Waals surface area contributed by atoms with Gasteiger partial charge in [-0.05, 0) is 73.8 Å². The third kappa shape index (κ3) is 9.18. The van der Waals surface area contributed by atoms with Crippen LogP contribution in [0.15, 0.2) is 44.2 Å². The second-order valence-electron chi connectivity index (χ2n) is 10.8. The highest BCUT2D eigenvalue weighted by atomic mass is 79.9. The van der Waals surface area contributed by atoms with E-state index < -0.39 is 45.7 Å². The molecule has 3 amide bonds. The van der Waals surface area contributed by atoms with Crippen LogP contribution in [0.1, 0.15) is 56.0 Å². The Bertz CT molecular complexity index is 1450. The third-order valence-corrected chi connectivity index (χ3v) is 8.57. The standard InChI is InChI=1S/C27H34BrF2N5O5S/c1-17-20(28)15-31-23(35-12-7-10-27(29,30)11-13-35)22(17)24(37)33-18-8-6-9-19(14-18)41(5,39)34-21(36)16-32-25(38)40-26(2,3)4/h6,8-9,14-15H,7,10-13,16H2,1-5H3,(H,32,38)(H,33,37)/t41-/m1/s1. The molecular formula is C27H34BrF2N5O5S. The molecule has 2 heterocycles. The van der Waals surface area contributed by atoms with Crippen LogP contribution in [0, 0.1) is 6.92 Å². The summed E-state index contributed by atoms with van der Waals surface area (Å²) < 4.78 is 50.7. The van der Waals surface area contributed by atoms with E-state index in [0.29, 0.717) is 22.4 Å². The van der Waals surface area contributed by atoms with Crippen LogP contribution in [0.3, 0.4) is 0 Å². The van der Waals surface area contributed by atoms with Gasteiger partial charge in [-0.3, -0.25) is 9.59 Å². The number of carbonyl (C=O) groups excluding carboxylic acids is 3. The number of amides is 3. The van der Waals surface area contributed by atoms with Crippen LogP contribution in [0.4, 0.5) is 25.1 Å². The topological polar surface area (TPSA) is 130 Å². The first-order chi connectivity index (χ1) is 19.0. The Morgan fingerprint density at radius 2 is 1.93 bits per heavy atom. The van der Waals surface area contributed by atoms with Crippen molar-refractivity contribution in [2.75, 3.05) is 36.1 Å². The molecule has 14 heteroatoms. The molecule has 3 rings (SSSR count). The summed E-state index contributed by atoms with van der Waals surface area (Å²) in [5.74, 6) is -3.82. The predicted octanol–water partition coefficient (Wildman–Crippen LogP) is 5.54. The molecule has 1 aliphatic heterocycles. The summed E-state index contributed by atoms with van der Waals surface area (Å²) in [4.78, 5) is 43.9. The van der Waals surface area contributed by atoms with Gasteiger partial charge in [0.25, 0.3) is 11.8 Å². The van der Waals surface area contributed by atoms with Crippen molar-refractivity contribution >= 4 is 55.1 Å². The Balaban J connectivity index is 1.81. The largest absolute Gasteiger partial charge is 0.444 e. The summed E-state index contributed by atoms with van der Waals surface area (Å²) in [7, 11) is -3.24. The van der Waals surface area contributed by atoms with Gasteiger partial charge in [0.1, 0.15) is 18.0 Å². The van der Waals surface area contributed by atoms with Gasteiger partial charge in [0.05, 0.1) is 15.3 Å². The van der Waals surface area contributed by atoms with Crippen LogP contribution in [-0.4, -0.2) is 64.5 Å². The first-order valence-corrected chi connectivity index (χ1v) is 15.6. The molecule has 1 saturated heterocycles. The quantitative estimate of drug-likeness (QED) is 0.417. The number of anilines is 2. The number of alkyl halides is 2. The van der Waals surface area contributed by atoms with Crippen LogP contribution < -0.4 is 15.5 Å². The number of nitrogens with zero attached hydrogens (tertiary/aromatic N) is 3. The zero-order valence-electron chi connectivity index (χ0n) is 23.6. The summed E-state index contributed by atoms with van der Waals surface area (Å²) >= 11 is 3.39. The normalized spacial score (nSPS) is 16.6. The maximum absolute atomic E-state index is 14.0. The summed E-state index contributed by atoms with van der Waals surface area (Å²) in [5.41, 5.74) is 0.335. The monoisotopic (exact) mass is 657 g/mol. The van der Waals surface area contributed by atoms with Gasteiger partial charge in [-0.1, -0.05) is 6.07 Å². The fraction of sp³-hybridized carbons (Fsp3) is 0.481. The molecule has 2 aromatic rings. The van der Waals surface area contributed by atoms with E-state index in [9.17, 15) is 27.4 Å². The molecule has 0 aliphatic carbocycles. The van der Waals surface area contributed by atoms with E-state index in [1.165, 1.54) is 24.6 Å². The number of aromatic nitrogens is 1. The molecule has 1 aromatic carbocycles. The van der Waals surface area contributed by atoms with Crippen LogP contribution in [0.2, 0.25) is 0 Å². The number of nitrogens with one attached hydrogen (secondary N) is 2. The second kappa shape index (κ2) is 12.8.